The van der Waals surface area contributed by atoms with Crippen molar-refractivity contribution < 1.29 is 0 Å². The average molecular weight is 246 g/mol. The van der Waals surface area contributed by atoms with E-state index in [1.165, 1.54) is 30.5 Å². The van der Waals surface area contributed by atoms with Crippen molar-refractivity contribution in [1.29, 1.82) is 0 Å². The first-order valence-electron chi connectivity index (χ1n) is 7.12. The first-order valence-corrected chi connectivity index (χ1v) is 7.12. The lowest BCUT2D eigenvalue weighted by Crippen LogP contribution is -2.44. The molecule has 0 saturated heterocycles. The van der Waals surface area contributed by atoms with Crippen molar-refractivity contribution in [1.82, 2.24) is 0 Å². The highest BCUT2D eigenvalue weighted by Gasteiger charge is 2.37. The molecule has 0 heterocycles. The SMILES string of the molecule is CCN(CC1(C)CCCC1N)c1cccc(C)c1. The Morgan fingerprint density at radius 2 is 2.22 bits per heavy atom. The van der Waals surface area contributed by atoms with E-state index in [9.17, 15) is 0 Å². The molecule has 0 aromatic heterocycles. The van der Waals surface area contributed by atoms with Gasteiger partial charge in [-0.25, -0.2) is 0 Å². The van der Waals surface area contributed by atoms with Crippen LogP contribution in [0.15, 0.2) is 24.3 Å². The van der Waals surface area contributed by atoms with Gasteiger partial charge in [0.15, 0.2) is 0 Å². The second-order valence-corrected chi connectivity index (χ2v) is 6.01. The van der Waals surface area contributed by atoms with Crippen molar-refractivity contribution in [3.63, 3.8) is 0 Å². The smallest absolute Gasteiger partial charge is 0.0368 e. The van der Waals surface area contributed by atoms with Gasteiger partial charge in [-0.1, -0.05) is 25.5 Å². The van der Waals surface area contributed by atoms with Crippen molar-refractivity contribution >= 4 is 5.69 Å². The second kappa shape index (κ2) is 5.31. The molecule has 1 aliphatic carbocycles. The first kappa shape index (κ1) is 13.4. The van der Waals surface area contributed by atoms with Crippen molar-refractivity contribution in [2.75, 3.05) is 18.0 Å². The van der Waals surface area contributed by atoms with Crippen LogP contribution in [0.25, 0.3) is 0 Å². The topological polar surface area (TPSA) is 29.3 Å². The Kier molecular flexibility index (Phi) is 3.96. The molecular formula is C16H26N2. The molecule has 1 aliphatic rings. The number of rotatable bonds is 4. The van der Waals surface area contributed by atoms with Gasteiger partial charge in [0.25, 0.3) is 0 Å². The number of benzene rings is 1. The maximum absolute atomic E-state index is 6.30. The summed E-state index contributed by atoms with van der Waals surface area (Å²) in [4.78, 5) is 2.47. The molecule has 1 fully saturated rings. The summed E-state index contributed by atoms with van der Waals surface area (Å²) in [5, 5.41) is 0. The number of nitrogens with zero attached hydrogens (tertiary/aromatic N) is 1. The quantitative estimate of drug-likeness (QED) is 0.883. The minimum atomic E-state index is 0.278. The Balaban J connectivity index is 2.15. The minimum absolute atomic E-state index is 0.278. The zero-order valence-electron chi connectivity index (χ0n) is 11.9. The van der Waals surface area contributed by atoms with Gasteiger partial charge in [-0.15, -0.1) is 0 Å². The summed E-state index contributed by atoms with van der Waals surface area (Å²) < 4.78 is 0. The van der Waals surface area contributed by atoms with Gasteiger partial charge in [0, 0.05) is 30.2 Å². The Labute approximate surface area is 111 Å². The van der Waals surface area contributed by atoms with Crippen LogP contribution in [0.5, 0.6) is 0 Å². The van der Waals surface area contributed by atoms with E-state index in [1.807, 2.05) is 0 Å². The fraction of sp³-hybridized carbons (Fsp3) is 0.625. The standard InChI is InChI=1S/C16H26N2/c1-4-18(14-8-5-7-13(2)11-14)12-16(3)10-6-9-15(16)17/h5,7-8,11,15H,4,6,9-10,12,17H2,1-3H3. The molecule has 0 amide bonds. The van der Waals surface area contributed by atoms with Crippen LogP contribution in [-0.4, -0.2) is 19.1 Å². The third kappa shape index (κ3) is 2.69. The maximum atomic E-state index is 6.30. The highest BCUT2D eigenvalue weighted by Crippen LogP contribution is 2.38. The third-order valence-electron chi connectivity index (χ3n) is 4.46. The van der Waals surface area contributed by atoms with Crippen LogP contribution in [0.2, 0.25) is 0 Å². The maximum Gasteiger partial charge on any atom is 0.0368 e. The second-order valence-electron chi connectivity index (χ2n) is 6.01. The summed E-state index contributed by atoms with van der Waals surface area (Å²) in [5.41, 5.74) is 9.23. The zero-order chi connectivity index (χ0) is 13.2. The van der Waals surface area contributed by atoms with Gasteiger partial charge in [0.1, 0.15) is 0 Å². The number of anilines is 1. The van der Waals surface area contributed by atoms with E-state index in [0.717, 1.165) is 13.1 Å². The molecule has 0 spiro atoms. The van der Waals surface area contributed by atoms with E-state index >= 15 is 0 Å². The molecule has 2 nitrogen and oxygen atoms in total. The van der Waals surface area contributed by atoms with Gasteiger partial charge in [-0.05, 0) is 44.4 Å². The molecule has 2 unspecified atom stereocenters. The highest BCUT2D eigenvalue weighted by atomic mass is 15.1. The van der Waals surface area contributed by atoms with E-state index in [1.54, 1.807) is 0 Å². The highest BCUT2D eigenvalue weighted by molar-refractivity contribution is 5.48. The van der Waals surface area contributed by atoms with Gasteiger partial charge < -0.3 is 10.6 Å². The Bertz CT molecular complexity index is 402. The van der Waals surface area contributed by atoms with Gasteiger partial charge >= 0.3 is 0 Å². The fourth-order valence-electron chi connectivity index (χ4n) is 3.10. The van der Waals surface area contributed by atoms with Crippen LogP contribution >= 0.6 is 0 Å². The number of hydrogen-bond donors (Lipinski definition) is 1. The molecule has 2 rings (SSSR count). The zero-order valence-corrected chi connectivity index (χ0v) is 11.9. The molecule has 1 saturated carbocycles. The van der Waals surface area contributed by atoms with Crippen LogP contribution in [-0.2, 0) is 0 Å². The monoisotopic (exact) mass is 246 g/mol. The molecule has 2 heteroatoms. The lowest BCUT2D eigenvalue weighted by molar-refractivity contribution is 0.298. The van der Waals surface area contributed by atoms with E-state index in [2.05, 4.69) is 49.9 Å². The van der Waals surface area contributed by atoms with Crippen LogP contribution in [0.4, 0.5) is 5.69 Å². The lowest BCUT2D eigenvalue weighted by atomic mass is 9.84. The summed E-state index contributed by atoms with van der Waals surface area (Å²) in [6.45, 7) is 8.86. The normalized spacial score (nSPS) is 27.4. The lowest BCUT2D eigenvalue weighted by Gasteiger charge is -2.36. The van der Waals surface area contributed by atoms with Gasteiger partial charge in [0.05, 0.1) is 0 Å². The Hall–Kier alpha value is -1.02. The predicted molar refractivity (Wildman–Crippen MR) is 79.0 cm³/mol. The Morgan fingerprint density at radius 1 is 1.44 bits per heavy atom. The minimum Gasteiger partial charge on any atom is -0.371 e. The van der Waals surface area contributed by atoms with Crippen LogP contribution in [0.3, 0.4) is 0 Å². The molecule has 18 heavy (non-hydrogen) atoms. The van der Waals surface area contributed by atoms with Crippen molar-refractivity contribution in [3.05, 3.63) is 29.8 Å². The molecule has 2 atom stereocenters. The van der Waals surface area contributed by atoms with E-state index in [4.69, 9.17) is 5.73 Å². The van der Waals surface area contributed by atoms with E-state index < -0.39 is 0 Å². The van der Waals surface area contributed by atoms with Gasteiger partial charge in [-0.2, -0.15) is 0 Å². The summed E-state index contributed by atoms with van der Waals surface area (Å²) in [7, 11) is 0. The molecule has 1 aromatic carbocycles. The number of nitrogens with two attached hydrogens (primary N) is 1. The molecule has 0 radical (unpaired) electrons. The molecule has 1 aromatic rings. The molecular weight excluding hydrogens is 220 g/mol. The van der Waals surface area contributed by atoms with Crippen molar-refractivity contribution in [3.8, 4) is 0 Å². The number of hydrogen-bond acceptors (Lipinski definition) is 2. The van der Waals surface area contributed by atoms with Gasteiger partial charge in [0.2, 0.25) is 0 Å². The summed E-state index contributed by atoms with van der Waals surface area (Å²) >= 11 is 0. The molecule has 100 valence electrons. The largest absolute Gasteiger partial charge is 0.371 e. The van der Waals surface area contributed by atoms with Crippen LogP contribution in [0.1, 0.15) is 38.7 Å². The van der Waals surface area contributed by atoms with Crippen LogP contribution < -0.4 is 10.6 Å². The first-order chi connectivity index (χ1) is 8.55. The van der Waals surface area contributed by atoms with Crippen molar-refractivity contribution in [2.24, 2.45) is 11.1 Å². The van der Waals surface area contributed by atoms with Crippen molar-refractivity contribution in [2.45, 2.75) is 46.1 Å². The Morgan fingerprint density at radius 3 is 2.78 bits per heavy atom. The third-order valence-corrected chi connectivity index (χ3v) is 4.46. The molecule has 0 aliphatic heterocycles. The van der Waals surface area contributed by atoms with Gasteiger partial charge in [-0.3, -0.25) is 0 Å². The predicted octanol–water partition coefficient (Wildman–Crippen LogP) is 3.34. The van der Waals surface area contributed by atoms with Crippen LogP contribution in [0, 0.1) is 12.3 Å². The summed E-state index contributed by atoms with van der Waals surface area (Å²) in [5.74, 6) is 0. The summed E-state index contributed by atoms with van der Waals surface area (Å²) in [6, 6.07) is 9.13. The average Bonchev–Trinajstić information content (AvgIpc) is 2.67. The summed E-state index contributed by atoms with van der Waals surface area (Å²) in [6.07, 6.45) is 3.72. The molecule has 2 N–H and O–H groups in total. The van der Waals surface area contributed by atoms with E-state index in [0.29, 0.717) is 6.04 Å². The molecule has 0 bridgehead atoms. The fourth-order valence-corrected chi connectivity index (χ4v) is 3.10. The van der Waals surface area contributed by atoms with E-state index in [-0.39, 0.29) is 5.41 Å². The number of aryl methyl sites for hydroxylation is 1.